The Bertz CT molecular complexity index is 992. The SMILES string of the molecule is CCOC(=O)c1cc(Cl)cc(C)c1NC(=O)C(CC)[N+](C)(C)CC(=O)OCc1ccccc1. The number of hydrogen-bond acceptors (Lipinski definition) is 5. The molecule has 2 aromatic carbocycles. The first-order valence-electron chi connectivity index (χ1n) is 10.9. The summed E-state index contributed by atoms with van der Waals surface area (Å²) in [6.45, 7) is 5.73. The maximum atomic E-state index is 13.3. The van der Waals surface area contributed by atoms with Gasteiger partial charge >= 0.3 is 11.9 Å². The molecule has 0 aromatic heterocycles. The van der Waals surface area contributed by atoms with E-state index in [9.17, 15) is 14.4 Å². The number of anilines is 1. The Kier molecular flexibility index (Phi) is 9.44. The maximum absolute atomic E-state index is 13.3. The van der Waals surface area contributed by atoms with Gasteiger partial charge in [-0.25, -0.2) is 9.59 Å². The summed E-state index contributed by atoms with van der Waals surface area (Å²) in [6.07, 6.45) is 0.478. The van der Waals surface area contributed by atoms with Gasteiger partial charge in [0.15, 0.2) is 12.6 Å². The minimum absolute atomic E-state index is 0.0170. The second-order valence-electron chi connectivity index (χ2n) is 8.36. The molecule has 0 bridgehead atoms. The molecule has 0 aliphatic heterocycles. The van der Waals surface area contributed by atoms with Gasteiger partial charge in [0.25, 0.3) is 5.91 Å². The number of quaternary nitrogens is 1. The molecule has 178 valence electrons. The van der Waals surface area contributed by atoms with Crippen molar-refractivity contribution in [1.29, 1.82) is 0 Å². The van der Waals surface area contributed by atoms with Gasteiger partial charge in [-0.1, -0.05) is 48.9 Å². The minimum atomic E-state index is -0.565. The number of carbonyl (C=O) groups excluding carboxylic acids is 3. The van der Waals surface area contributed by atoms with Crippen molar-refractivity contribution in [2.45, 2.75) is 39.8 Å². The molecule has 0 spiro atoms. The average molecular weight is 476 g/mol. The lowest BCUT2D eigenvalue weighted by molar-refractivity contribution is -0.898. The fraction of sp³-hybridized carbons (Fsp3) is 0.400. The van der Waals surface area contributed by atoms with E-state index in [2.05, 4.69) is 5.32 Å². The summed E-state index contributed by atoms with van der Waals surface area (Å²) < 4.78 is 10.6. The molecule has 1 atom stereocenters. The molecule has 0 heterocycles. The number of nitrogens with one attached hydrogen (secondary N) is 1. The number of amides is 1. The Balaban J connectivity index is 2.15. The van der Waals surface area contributed by atoms with E-state index >= 15 is 0 Å². The van der Waals surface area contributed by atoms with E-state index < -0.39 is 18.0 Å². The number of nitrogens with zero attached hydrogens (tertiary/aromatic N) is 1. The van der Waals surface area contributed by atoms with Gasteiger partial charge in [0.2, 0.25) is 0 Å². The van der Waals surface area contributed by atoms with Gasteiger partial charge in [0.05, 0.1) is 32.0 Å². The zero-order valence-electron chi connectivity index (χ0n) is 19.8. The monoisotopic (exact) mass is 475 g/mol. The van der Waals surface area contributed by atoms with E-state index in [0.29, 0.717) is 22.7 Å². The van der Waals surface area contributed by atoms with Gasteiger partial charge < -0.3 is 19.3 Å². The first kappa shape index (κ1) is 26.4. The zero-order chi connectivity index (χ0) is 24.6. The van der Waals surface area contributed by atoms with E-state index in [1.165, 1.54) is 6.07 Å². The van der Waals surface area contributed by atoms with Crippen LogP contribution < -0.4 is 5.32 Å². The molecule has 0 radical (unpaired) electrons. The van der Waals surface area contributed by atoms with Crippen molar-refractivity contribution in [3.05, 3.63) is 64.2 Å². The number of hydrogen-bond donors (Lipinski definition) is 1. The van der Waals surface area contributed by atoms with Crippen molar-refractivity contribution in [2.75, 3.05) is 32.6 Å². The van der Waals surface area contributed by atoms with Crippen LogP contribution in [0.1, 0.15) is 41.8 Å². The molecular weight excluding hydrogens is 444 g/mol. The molecule has 0 fully saturated rings. The molecule has 0 saturated carbocycles. The number of ether oxygens (including phenoxy) is 2. The average Bonchev–Trinajstić information content (AvgIpc) is 2.74. The molecule has 2 aromatic rings. The number of rotatable bonds is 10. The first-order valence-corrected chi connectivity index (χ1v) is 11.3. The number of aryl methyl sites for hydroxylation is 1. The summed E-state index contributed by atoms with van der Waals surface area (Å²) in [4.78, 5) is 38.2. The van der Waals surface area contributed by atoms with Gasteiger partial charge in [0.1, 0.15) is 6.61 Å². The summed E-state index contributed by atoms with van der Waals surface area (Å²) >= 11 is 6.12. The Labute approximate surface area is 200 Å². The van der Waals surface area contributed by atoms with Gasteiger partial charge in [-0.3, -0.25) is 4.79 Å². The Morgan fingerprint density at radius 2 is 1.73 bits per heavy atom. The number of carbonyl (C=O) groups is 3. The van der Waals surface area contributed by atoms with E-state index in [-0.39, 0.29) is 35.7 Å². The molecule has 0 aliphatic rings. The van der Waals surface area contributed by atoms with Crippen LogP contribution in [0.15, 0.2) is 42.5 Å². The predicted octanol–water partition coefficient (Wildman–Crippen LogP) is 4.36. The van der Waals surface area contributed by atoms with Crippen molar-refractivity contribution in [3.63, 3.8) is 0 Å². The predicted molar refractivity (Wildman–Crippen MR) is 128 cm³/mol. The van der Waals surface area contributed by atoms with Gasteiger partial charge in [-0.2, -0.15) is 0 Å². The van der Waals surface area contributed by atoms with Crippen molar-refractivity contribution < 1.29 is 28.3 Å². The van der Waals surface area contributed by atoms with Crippen LogP contribution in [0.5, 0.6) is 0 Å². The largest absolute Gasteiger partial charge is 0.462 e. The standard InChI is InChI=1S/C25H31ClN2O5/c1-6-21(28(4,5)15-22(29)33-16-18-11-9-8-10-12-18)24(30)27-23-17(3)13-19(26)14-20(23)25(31)32-7-2/h8-14,21H,6-7,15-16H2,1-5H3/p+1. The molecule has 1 amide bonds. The molecule has 1 unspecified atom stereocenters. The number of likely N-dealkylation sites (N-methyl/N-ethyl adjacent to an activating group) is 1. The Morgan fingerprint density at radius 1 is 1.06 bits per heavy atom. The fourth-order valence-electron chi connectivity index (χ4n) is 3.71. The van der Waals surface area contributed by atoms with Crippen LogP contribution in [0.3, 0.4) is 0 Å². The number of esters is 2. The summed E-state index contributed by atoms with van der Waals surface area (Å²) in [5.41, 5.74) is 2.08. The zero-order valence-corrected chi connectivity index (χ0v) is 20.6. The van der Waals surface area contributed by atoms with E-state index in [0.717, 1.165) is 5.56 Å². The molecule has 2 rings (SSSR count). The summed E-state index contributed by atoms with van der Waals surface area (Å²) in [6, 6.07) is 12.0. The number of halogens is 1. The van der Waals surface area contributed by atoms with Crippen LogP contribution in [-0.4, -0.2) is 55.6 Å². The highest BCUT2D eigenvalue weighted by Gasteiger charge is 2.36. The van der Waals surface area contributed by atoms with Crippen LogP contribution in [0.4, 0.5) is 5.69 Å². The smallest absolute Gasteiger partial charge is 0.362 e. The van der Waals surface area contributed by atoms with Crippen LogP contribution in [0.2, 0.25) is 5.02 Å². The van der Waals surface area contributed by atoms with Crippen molar-refractivity contribution >= 4 is 35.1 Å². The van der Waals surface area contributed by atoms with Gasteiger partial charge in [-0.15, -0.1) is 0 Å². The first-order chi connectivity index (χ1) is 15.6. The second-order valence-corrected chi connectivity index (χ2v) is 8.80. The molecule has 0 saturated heterocycles. The lowest BCUT2D eigenvalue weighted by Crippen LogP contribution is -2.56. The maximum Gasteiger partial charge on any atom is 0.362 e. The van der Waals surface area contributed by atoms with E-state index in [1.807, 2.05) is 37.3 Å². The molecule has 7 nitrogen and oxygen atoms in total. The third kappa shape index (κ3) is 7.30. The third-order valence-electron chi connectivity index (χ3n) is 5.36. The quantitative estimate of drug-likeness (QED) is 0.408. The normalized spacial score (nSPS) is 12.1. The van der Waals surface area contributed by atoms with Crippen LogP contribution in [-0.2, 0) is 25.7 Å². The van der Waals surface area contributed by atoms with Gasteiger partial charge in [0, 0.05) is 11.4 Å². The lowest BCUT2D eigenvalue weighted by Gasteiger charge is -2.35. The highest BCUT2D eigenvalue weighted by molar-refractivity contribution is 6.31. The number of benzene rings is 2. The Morgan fingerprint density at radius 3 is 2.33 bits per heavy atom. The molecule has 33 heavy (non-hydrogen) atoms. The third-order valence-corrected chi connectivity index (χ3v) is 5.57. The topological polar surface area (TPSA) is 81.7 Å². The van der Waals surface area contributed by atoms with Gasteiger partial charge in [-0.05, 0) is 37.1 Å². The van der Waals surface area contributed by atoms with E-state index in [4.69, 9.17) is 21.1 Å². The highest BCUT2D eigenvalue weighted by atomic mass is 35.5. The molecule has 0 aliphatic carbocycles. The molecule has 1 N–H and O–H groups in total. The van der Waals surface area contributed by atoms with Crippen molar-refractivity contribution in [2.24, 2.45) is 0 Å². The summed E-state index contributed by atoms with van der Waals surface area (Å²) in [7, 11) is 3.61. The van der Waals surface area contributed by atoms with Crippen molar-refractivity contribution in [3.8, 4) is 0 Å². The van der Waals surface area contributed by atoms with Crippen LogP contribution in [0.25, 0.3) is 0 Å². The van der Waals surface area contributed by atoms with E-state index in [1.54, 1.807) is 34.0 Å². The van der Waals surface area contributed by atoms with Crippen LogP contribution in [0, 0.1) is 6.92 Å². The Hall–Kier alpha value is -2.90. The lowest BCUT2D eigenvalue weighted by atomic mass is 10.1. The summed E-state index contributed by atoms with van der Waals surface area (Å²) in [5.74, 6) is -1.27. The molecule has 8 heteroatoms. The van der Waals surface area contributed by atoms with Crippen LogP contribution >= 0.6 is 11.6 Å². The second kappa shape index (κ2) is 11.8. The fourth-order valence-corrected chi connectivity index (χ4v) is 3.98. The highest BCUT2D eigenvalue weighted by Crippen LogP contribution is 2.27. The minimum Gasteiger partial charge on any atom is -0.462 e. The summed E-state index contributed by atoms with van der Waals surface area (Å²) in [5, 5.41) is 3.24. The molecular formula is C25H32ClN2O5+. The van der Waals surface area contributed by atoms with Crippen molar-refractivity contribution in [1.82, 2.24) is 0 Å².